The van der Waals surface area contributed by atoms with E-state index in [0.29, 0.717) is 18.1 Å². The molecule has 0 aliphatic carbocycles. The molecular weight excluding hydrogens is 198 g/mol. The number of rotatable bonds is 4. The highest BCUT2D eigenvalue weighted by molar-refractivity contribution is 6.29. The fourth-order valence-electron chi connectivity index (χ4n) is 1.19. The topological polar surface area (TPSA) is 39.9 Å². The molecule has 0 N–H and O–H groups in total. The van der Waals surface area contributed by atoms with Crippen molar-refractivity contribution in [3.05, 3.63) is 23.4 Å². The van der Waals surface area contributed by atoms with Gasteiger partial charge in [-0.15, -0.1) is 0 Å². The highest BCUT2D eigenvalue weighted by atomic mass is 35.5. The van der Waals surface area contributed by atoms with Crippen LogP contribution in [0, 0.1) is 11.3 Å². The molecule has 0 bridgehead atoms. The maximum atomic E-state index is 8.49. The number of hydrogen-bond acceptors (Lipinski definition) is 3. The lowest BCUT2D eigenvalue weighted by atomic mass is 10.3. The smallest absolute Gasteiger partial charge is 0.131 e. The van der Waals surface area contributed by atoms with E-state index in [1.807, 2.05) is 24.0 Å². The van der Waals surface area contributed by atoms with Crippen LogP contribution >= 0.6 is 11.6 Å². The Morgan fingerprint density at radius 2 is 2.36 bits per heavy atom. The maximum absolute atomic E-state index is 8.49. The molecule has 0 saturated carbocycles. The fourth-order valence-corrected chi connectivity index (χ4v) is 1.35. The fraction of sp³-hybridized carbons (Fsp3) is 0.400. The van der Waals surface area contributed by atoms with E-state index in [0.717, 1.165) is 12.4 Å². The summed E-state index contributed by atoms with van der Waals surface area (Å²) in [6.45, 7) is 3.55. The van der Waals surface area contributed by atoms with Crippen LogP contribution in [0.5, 0.6) is 0 Å². The van der Waals surface area contributed by atoms with Gasteiger partial charge in [-0.1, -0.05) is 17.7 Å². The normalized spacial score (nSPS) is 9.50. The van der Waals surface area contributed by atoms with E-state index < -0.39 is 0 Å². The molecule has 4 heteroatoms. The van der Waals surface area contributed by atoms with Gasteiger partial charge in [0.25, 0.3) is 0 Å². The molecule has 1 heterocycles. The molecule has 1 aromatic heterocycles. The third kappa shape index (κ3) is 2.90. The zero-order valence-electron chi connectivity index (χ0n) is 8.07. The molecule has 1 rings (SSSR count). The van der Waals surface area contributed by atoms with Gasteiger partial charge in [0.2, 0.25) is 0 Å². The molecule has 0 aliphatic heterocycles. The summed E-state index contributed by atoms with van der Waals surface area (Å²) in [5.41, 5.74) is 0. The van der Waals surface area contributed by atoms with E-state index in [1.54, 1.807) is 6.07 Å². The number of anilines is 1. The SMILES string of the molecule is CCN(CCC#N)c1cccc(Cl)n1. The van der Waals surface area contributed by atoms with Gasteiger partial charge in [-0.05, 0) is 19.1 Å². The van der Waals surface area contributed by atoms with Gasteiger partial charge in [-0.2, -0.15) is 5.26 Å². The molecule has 3 nitrogen and oxygen atoms in total. The molecule has 14 heavy (non-hydrogen) atoms. The van der Waals surface area contributed by atoms with Crippen LogP contribution in [0.25, 0.3) is 0 Å². The van der Waals surface area contributed by atoms with E-state index >= 15 is 0 Å². The molecule has 0 spiro atoms. The zero-order chi connectivity index (χ0) is 10.4. The summed E-state index contributed by atoms with van der Waals surface area (Å²) in [4.78, 5) is 6.20. The van der Waals surface area contributed by atoms with Gasteiger partial charge < -0.3 is 4.90 Å². The van der Waals surface area contributed by atoms with Gasteiger partial charge in [0, 0.05) is 13.1 Å². The van der Waals surface area contributed by atoms with Gasteiger partial charge in [-0.25, -0.2) is 4.98 Å². The maximum Gasteiger partial charge on any atom is 0.131 e. The number of nitriles is 1. The summed E-state index contributed by atoms with van der Waals surface area (Å²) in [5.74, 6) is 0.829. The lowest BCUT2D eigenvalue weighted by Gasteiger charge is -2.20. The van der Waals surface area contributed by atoms with Crippen LogP contribution in [0.2, 0.25) is 5.15 Å². The van der Waals surface area contributed by atoms with Gasteiger partial charge in [0.1, 0.15) is 11.0 Å². The molecule has 0 aliphatic rings. The van der Waals surface area contributed by atoms with Crippen molar-refractivity contribution in [2.45, 2.75) is 13.3 Å². The van der Waals surface area contributed by atoms with Crippen molar-refractivity contribution in [2.75, 3.05) is 18.0 Å². The number of hydrogen-bond donors (Lipinski definition) is 0. The first kappa shape index (κ1) is 10.8. The summed E-state index contributed by atoms with van der Waals surface area (Å²) in [6.07, 6.45) is 0.502. The van der Waals surface area contributed by atoms with E-state index in [9.17, 15) is 0 Å². The summed E-state index contributed by atoms with van der Waals surface area (Å²) >= 11 is 5.78. The van der Waals surface area contributed by atoms with Crippen molar-refractivity contribution in [3.8, 4) is 6.07 Å². The van der Waals surface area contributed by atoms with E-state index in [4.69, 9.17) is 16.9 Å². The minimum absolute atomic E-state index is 0.484. The standard InChI is InChI=1S/C10H12ClN3/c1-2-14(8-4-7-12)10-6-3-5-9(11)13-10/h3,5-6H,2,4,8H2,1H3. The summed E-state index contributed by atoms with van der Waals surface area (Å²) in [6, 6.07) is 7.61. The molecule has 0 unspecified atom stereocenters. The average Bonchev–Trinajstić information content (AvgIpc) is 2.19. The van der Waals surface area contributed by atoms with Gasteiger partial charge in [0.05, 0.1) is 12.5 Å². The van der Waals surface area contributed by atoms with E-state index in [1.165, 1.54) is 0 Å². The van der Waals surface area contributed by atoms with Crippen LogP contribution in [0.15, 0.2) is 18.2 Å². The monoisotopic (exact) mass is 209 g/mol. The van der Waals surface area contributed by atoms with Crippen molar-refractivity contribution >= 4 is 17.4 Å². The molecule has 0 aromatic carbocycles. The second-order valence-electron chi connectivity index (χ2n) is 2.81. The molecule has 1 aromatic rings. The predicted octanol–water partition coefficient (Wildman–Crippen LogP) is 2.47. The quantitative estimate of drug-likeness (QED) is 0.716. The number of pyridine rings is 1. The van der Waals surface area contributed by atoms with Crippen molar-refractivity contribution < 1.29 is 0 Å². The second kappa shape index (κ2) is 5.46. The van der Waals surface area contributed by atoms with Crippen LogP contribution in [0.3, 0.4) is 0 Å². The Morgan fingerprint density at radius 1 is 1.57 bits per heavy atom. The third-order valence-electron chi connectivity index (χ3n) is 1.90. The molecule has 0 atom stereocenters. The summed E-state index contributed by atoms with van der Waals surface area (Å²) in [7, 11) is 0. The summed E-state index contributed by atoms with van der Waals surface area (Å²) < 4.78 is 0. The Balaban J connectivity index is 2.74. The van der Waals surface area contributed by atoms with Crippen molar-refractivity contribution in [2.24, 2.45) is 0 Å². The Labute approximate surface area is 88.9 Å². The molecular formula is C10H12ClN3. The molecule has 0 amide bonds. The van der Waals surface area contributed by atoms with Crippen molar-refractivity contribution in [1.29, 1.82) is 5.26 Å². The van der Waals surface area contributed by atoms with Crippen molar-refractivity contribution in [3.63, 3.8) is 0 Å². The number of aromatic nitrogens is 1. The van der Waals surface area contributed by atoms with E-state index in [2.05, 4.69) is 11.1 Å². The van der Waals surface area contributed by atoms with Gasteiger partial charge in [-0.3, -0.25) is 0 Å². The van der Waals surface area contributed by atoms with Gasteiger partial charge >= 0.3 is 0 Å². The van der Waals surface area contributed by atoms with E-state index in [-0.39, 0.29) is 0 Å². The first-order valence-corrected chi connectivity index (χ1v) is 4.90. The number of halogens is 1. The molecule has 0 fully saturated rings. The molecule has 0 saturated heterocycles. The lowest BCUT2D eigenvalue weighted by molar-refractivity contribution is 0.811. The highest BCUT2D eigenvalue weighted by Gasteiger charge is 2.04. The van der Waals surface area contributed by atoms with Crippen LogP contribution in [-0.4, -0.2) is 18.1 Å². The molecule has 74 valence electrons. The lowest BCUT2D eigenvalue weighted by Crippen LogP contribution is -2.24. The minimum Gasteiger partial charge on any atom is -0.356 e. The average molecular weight is 210 g/mol. The summed E-state index contributed by atoms with van der Waals surface area (Å²) in [5, 5.41) is 8.97. The Morgan fingerprint density at radius 3 is 2.93 bits per heavy atom. The largest absolute Gasteiger partial charge is 0.356 e. The Hall–Kier alpha value is -1.27. The van der Waals surface area contributed by atoms with Crippen LogP contribution in [-0.2, 0) is 0 Å². The van der Waals surface area contributed by atoms with Gasteiger partial charge in [0.15, 0.2) is 0 Å². The first-order valence-electron chi connectivity index (χ1n) is 4.52. The van der Waals surface area contributed by atoms with Crippen LogP contribution in [0.1, 0.15) is 13.3 Å². The minimum atomic E-state index is 0.484. The Kier molecular flexibility index (Phi) is 4.21. The number of nitrogens with zero attached hydrogens (tertiary/aromatic N) is 3. The third-order valence-corrected chi connectivity index (χ3v) is 2.11. The highest BCUT2D eigenvalue weighted by Crippen LogP contribution is 2.14. The Bertz CT molecular complexity index is 332. The predicted molar refractivity (Wildman–Crippen MR) is 57.4 cm³/mol. The zero-order valence-corrected chi connectivity index (χ0v) is 8.83. The van der Waals surface area contributed by atoms with Crippen molar-refractivity contribution in [1.82, 2.24) is 4.98 Å². The van der Waals surface area contributed by atoms with Crippen LogP contribution in [0.4, 0.5) is 5.82 Å². The molecule has 0 radical (unpaired) electrons. The second-order valence-corrected chi connectivity index (χ2v) is 3.19. The first-order chi connectivity index (χ1) is 6.77. The van der Waals surface area contributed by atoms with Crippen LogP contribution < -0.4 is 4.90 Å².